The van der Waals surface area contributed by atoms with Gasteiger partial charge in [0, 0.05) is 18.5 Å². The van der Waals surface area contributed by atoms with Crippen molar-refractivity contribution < 1.29 is 14.0 Å². The predicted octanol–water partition coefficient (Wildman–Crippen LogP) is 4.91. The molecule has 0 spiro atoms. The van der Waals surface area contributed by atoms with Crippen LogP contribution in [0.3, 0.4) is 0 Å². The van der Waals surface area contributed by atoms with E-state index in [0.29, 0.717) is 13.1 Å². The van der Waals surface area contributed by atoms with Gasteiger partial charge >= 0.3 is 0 Å². The molecule has 5 nitrogen and oxygen atoms in total. The van der Waals surface area contributed by atoms with Crippen molar-refractivity contribution in [1.29, 1.82) is 0 Å². The molecule has 0 saturated heterocycles. The number of benzene rings is 2. The van der Waals surface area contributed by atoms with E-state index in [1.54, 1.807) is 4.90 Å². The number of carbonyl (C=O) groups excluding carboxylic acids is 2. The van der Waals surface area contributed by atoms with E-state index in [0.717, 1.165) is 36.3 Å². The minimum Gasteiger partial charge on any atom is -0.464 e. The van der Waals surface area contributed by atoms with E-state index in [9.17, 15) is 9.59 Å². The Morgan fingerprint density at radius 3 is 2.24 bits per heavy atom. The van der Waals surface area contributed by atoms with Crippen LogP contribution < -0.4 is 0 Å². The molecule has 1 aromatic heterocycles. The average molecular weight is 443 g/mol. The smallest absolute Gasteiger partial charge is 0.242 e. The molecular formula is C28H30N2O3. The summed E-state index contributed by atoms with van der Waals surface area (Å²) in [5, 5.41) is 0. The summed E-state index contributed by atoms with van der Waals surface area (Å²) in [6.45, 7) is 2.92. The van der Waals surface area contributed by atoms with E-state index < -0.39 is 0 Å². The quantitative estimate of drug-likeness (QED) is 0.473. The first kappa shape index (κ1) is 21.5. The van der Waals surface area contributed by atoms with Gasteiger partial charge in [-0.3, -0.25) is 9.59 Å². The lowest BCUT2D eigenvalue weighted by Gasteiger charge is -2.27. The lowest BCUT2D eigenvalue weighted by atomic mass is 10.1. The van der Waals surface area contributed by atoms with Crippen LogP contribution in [-0.2, 0) is 22.7 Å². The van der Waals surface area contributed by atoms with Gasteiger partial charge in [-0.25, -0.2) is 0 Å². The van der Waals surface area contributed by atoms with Crippen LogP contribution in [-0.4, -0.2) is 34.2 Å². The van der Waals surface area contributed by atoms with Crippen molar-refractivity contribution >= 4 is 11.8 Å². The molecule has 2 unspecified atom stereocenters. The van der Waals surface area contributed by atoms with E-state index >= 15 is 0 Å². The molecule has 2 aliphatic carbocycles. The lowest BCUT2D eigenvalue weighted by Crippen LogP contribution is -2.44. The molecule has 0 bridgehead atoms. The van der Waals surface area contributed by atoms with Crippen LogP contribution in [0.25, 0.3) is 0 Å². The summed E-state index contributed by atoms with van der Waals surface area (Å²) < 4.78 is 5.75. The highest BCUT2D eigenvalue weighted by Gasteiger charge is 2.48. The number of furan rings is 1. The third kappa shape index (κ3) is 5.19. The Labute approximate surface area is 195 Å². The normalized spacial score (nSPS) is 19.2. The summed E-state index contributed by atoms with van der Waals surface area (Å²) in [5.74, 6) is 1.95. The van der Waals surface area contributed by atoms with Gasteiger partial charge < -0.3 is 14.2 Å². The van der Waals surface area contributed by atoms with Crippen molar-refractivity contribution in [1.82, 2.24) is 9.80 Å². The summed E-state index contributed by atoms with van der Waals surface area (Å²) in [4.78, 5) is 30.5. The van der Waals surface area contributed by atoms with Gasteiger partial charge in [-0.05, 0) is 55.4 Å². The van der Waals surface area contributed by atoms with Crippen molar-refractivity contribution in [2.24, 2.45) is 5.92 Å². The van der Waals surface area contributed by atoms with Gasteiger partial charge in [0.15, 0.2) is 0 Å². The number of carbonyl (C=O) groups is 2. The molecule has 0 N–H and O–H groups in total. The predicted molar refractivity (Wildman–Crippen MR) is 126 cm³/mol. The highest BCUT2D eigenvalue weighted by Crippen LogP contribution is 2.49. The minimum atomic E-state index is -0.0370. The maximum atomic E-state index is 13.5. The van der Waals surface area contributed by atoms with E-state index in [4.69, 9.17) is 4.42 Å². The molecule has 33 heavy (non-hydrogen) atoms. The molecular weight excluding hydrogens is 412 g/mol. The van der Waals surface area contributed by atoms with Gasteiger partial charge in [-0.1, -0.05) is 60.7 Å². The number of nitrogens with zero attached hydrogens (tertiary/aromatic N) is 2. The molecule has 0 radical (unpaired) electrons. The van der Waals surface area contributed by atoms with Crippen molar-refractivity contribution in [2.75, 3.05) is 6.54 Å². The van der Waals surface area contributed by atoms with Crippen LogP contribution in [0, 0.1) is 12.8 Å². The third-order valence-electron chi connectivity index (χ3n) is 6.62. The van der Waals surface area contributed by atoms with Gasteiger partial charge in [0.25, 0.3) is 0 Å². The van der Waals surface area contributed by atoms with Crippen LogP contribution in [0.2, 0.25) is 0 Å². The number of rotatable bonds is 9. The zero-order chi connectivity index (χ0) is 22.8. The standard InChI is InChI=1S/C28H30N2O3/c1-20-12-15-24(33-20)18-29(17-21-8-4-2-5-9-21)27(31)19-30(23-13-14-23)28(32)26-16-25(26)22-10-6-3-7-11-22/h2-12,15,23,25-26H,13-14,16-19H2,1H3. The molecule has 2 aromatic carbocycles. The molecule has 5 heteroatoms. The number of hydrogen-bond donors (Lipinski definition) is 0. The van der Waals surface area contributed by atoms with Crippen LogP contribution in [0.5, 0.6) is 0 Å². The molecule has 2 atom stereocenters. The Bertz CT molecular complexity index is 1100. The van der Waals surface area contributed by atoms with Crippen molar-refractivity contribution in [3.8, 4) is 0 Å². The second kappa shape index (κ2) is 9.26. The van der Waals surface area contributed by atoms with Crippen LogP contribution >= 0.6 is 0 Å². The van der Waals surface area contributed by atoms with E-state index in [1.165, 1.54) is 5.56 Å². The fourth-order valence-electron chi connectivity index (χ4n) is 4.56. The molecule has 2 saturated carbocycles. The van der Waals surface area contributed by atoms with Gasteiger partial charge in [0.2, 0.25) is 11.8 Å². The average Bonchev–Trinajstić information content (AvgIpc) is 3.76. The summed E-state index contributed by atoms with van der Waals surface area (Å²) in [5.41, 5.74) is 2.28. The summed E-state index contributed by atoms with van der Waals surface area (Å²) >= 11 is 0. The highest BCUT2D eigenvalue weighted by molar-refractivity contribution is 5.88. The van der Waals surface area contributed by atoms with Crippen LogP contribution in [0.4, 0.5) is 0 Å². The van der Waals surface area contributed by atoms with Crippen molar-refractivity contribution in [3.05, 3.63) is 95.4 Å². The molecule has 3 aromatic rings. The van der Waals surface area contributed by atoms with E-state index in [-0.39, 0.29) is 36.2 Å². The molecule has 2 fully saturated rings. The Morgan fingerprint density at radius 2 is 1.61 bits per heavy atom. The summed E-state index contributed by atoms with van der Waals surface area (Å²) in [6.07, 6.45) is 2.84. The zero-order valence-corrected chi connectivity index (χ0v) is 19.0. The minimum absolute atomic E-state index is 0.00361. The number of amides is 2. The fourth-order valence-corrected chi connectivity index (χ4v) is 4.56. The molecule has 1 heterocycles. The molecule has 2 aliphatic rings. The largest absolute Gasteiger partial charge is 0.464 e. The second-order valence-corrected chi connectivity index (χ2v) is 9.30. The number of aryl methyl sites for hydroxylation is 1. The topological polar surface area (TPSA) is 53.8 Å². The zero-order valence-electron chi connectivity index (χ0n) is 19.0. The van der Waals surface area contributed by atoms with Gasteiger partial charge in [0.1, 0.15) is 18.1 Å². The maximum Gasteiger partial charge on any atom is 0.242 e. The van der Waals surface area contributed by atoms with E-state index in [2.05, 4.69) is 12.1 Å². The molecule has 0 aliphatic heterocycles. The van der Waals surface area contributed by atoms with Gasteiger partial charge in [0.05, 0.1) is 6.54 Å². The first-order valence-corrected chi connectivity index (χ1v) is 11.8. The lowest BCUT2D eigenvalue weighted by molar-refractivity contribution is -0.142. The van der Waals surface area contributed by atoms with Gasteiger partial charge in [-0.15, -0.1) is 0 Å². The second-order valence-electron chi connectivity index (χ2n) is 9.30. The number of hydrogen-bond acceptors (Lipinski definition) is 3. The Balaban J connectivity index is 1.29. The Morgan fingerprint density at radius 1 is 0.909 bits per heavy atom. The monoisotopic (exact) mass is 442 g/mol. The first-order valence-electron chi connectivity index (χ1n) is 11.8. The molecule has 2 amide bonds. The van der Waals surface area contributed by atoms with Crippen LogP contribution in [0.15, 0.2) is 77.2 Å². The van der Waals surface area contributed by atoms with Crippen molar-refractivity contribution in [2.45, 2.75) is 51.2 Å². The maximum absolute atomic E-state index is 13.5. The Hall–Kier alpha value is -3.34. The van der Waals surface area contributed by atoms with E-state index in [1.807, 2.05) is 72.5 Å². The highest BCUT2D eigenvalue weighted by atomic mass is 16.3. The summed E-state index contributed by atoms with van der Waals surface area (Å²) in [6, 6.07) is 24.2. The first-order chi connectivity index (χ1) is 16.1. The third-order valence-corrected chi connectivity index (χ3v) is 6.62. The van der Waals surface area contributed by atoms with Crippen molar-refractivity contribution in [3.63, 3.8) is 0 Å². The SMILES string of the molecule is Cc1ccc(CN(Cc2ccccc2)C(=O)CN(C(=O)C2CC2c2ccccc2)C2CC2)o1. The fraction of sp³-hybridized carbons (Fsp3) is 0.357. The molecule has 5 rings (SSSR count). The molecule has 170 valence electrons. The summed E-state index contributed by atoms with van der Waals surface area (Å²) in [7, 11) is 0. The van der Waals surface area contributed by atoms with Gasteiger partial charge in [-0.2, -0.15) is 0 Å². The van der Waals surface area contributed by atoms with Crippen LogP contribution in [0.1, 0.15) is 47.8 Å². The Kier molecular flexibility index (Phi) is 6.03.